The number of nitrogens with zero attached hydrogens (tertiary/aromatic N) is 2. The standard InChI is InChI=1S/C25H32N2/c1-19-12-14-20(2)27(17-16-21-8-5-4-6-9-21)25-18-22-10-7-11-24(26(22)3)23(25)15-13-19/h4-6,8-9,12-14,22,24H,2,7,10-11,15-18H2,1,3H3/b14-12-,19-13-. The van der Waals surface area contributed by atoms with Gasteiger partial charge in [-0.2, -0.15) is 0 Å². The van der Waals surface area contributed by atoms with Crippen LogP contribution < -0.4 is 0 Å². The van der Waals surface area contributed by atoms with E-state index in [0.29, 0.717) is 12.1 Å². The Balaban J connectivity index is 1.69. The summed E-state index contributed by atoms with van der Waals surface area (Å²) in [5.74, 6) is 0. The van der Waals surface area contributed by atoms with Gasteiger partial charge in [0.2, 0.25) is 0 Å². The van der Waals surface area contributed by atoms with E-state index in [4.69, 9.17) is 0 Å². The fourth-order valence-corrected chi connectivity index (χ4v) is 4.95. The molecule has 0 amide bonds. The van der Waals surface area contributed by atoms with Gasteiger partial charge in [0, 0.05) is 36.4 Å². The molecule has 1 aromatic carbocycles. The third-order valence-corrected chi connectivity index (χ3v) is 6.61. The van der Waals surface area contributed by atoms with E-state index >= 15 is 0 Å². The molecule has 1 aromatic rings. The van der Waals surface area contributed by atoms with Crippen molar-refractivity contribution in [2.24, 2.45) is 0 Å². The molecule has 4 rings (SSSR count). The van der Waals surface area contributed by atoms with Gasteiger partial charge in [0.05, 0.1) is 0 Å². The molecule has 0 saturated carbocycles. The van der Waals surface area contributed by atoms with Crippen molar-refractivity contribution in [3.05, 3.63) is 83.2 Å². The highest BCUT2D eigenvalue weighted by atomic mass is 15.2. The molecule has 1 fully saturated rings. The van der Waals surface area contributed by atoms with Crippen molar-refractivity contribution >= 4 is 0 Å². The third kappa shape index (κ3) is 3.82. The van der Waals surface area contributed by atoms with E-state index in [-0.39, 0.29) is 0 Å². The molecule has 2 heteroatoms. The molecule has 142 valence electrons. The van der Waals surface area contributed by atoms with E-state index in [2.05, 4.69) is 78.9 Å². The summed E-state index contributed by atoms with van der Waals surface area (Å²) < 4.78 is 0. The fourth-order valence-electron chi connectivity index (χ4n) is 4.95. The maximum atomic E-state index is 4.45. The molecule has 27 heavy (non-hydrogen) atoms. The van der Waals surface area contributed by atoms with E-state index in [9.17, 15) is 0 Å². The van der Waals surface area contributed by atoms with Crippen LogP contribution in [-0.2, 0) is 6.42 Å². The number of rotatable bonds is 3. The summed E-state index contributed by atoms with van der Waals surface area (Å²) in [5, 5.41) is 0. The van der Waals surface area contributed by atoms with Crippen LogP contribution in [0.4, 0.5) is 0 Å². The molecule has 1 saturated heterocycles. The number of hydrogen-bond donors (Lipinski definition) is 0. The minimum absolute atomic E-state index is 0.599. The van der Waals surface area contributed by atoms with Crippen molar-refractivity contribution in [1.82, 2.24) is 9.80 Å². The Morgan fingerprint density at radius 2 is 1.93 bits per heavy atom. The van der Waals surface area contributed by atoms with Gasteiger partial charge in [-0.25, -0.2) is 0 Å². The average molecular weight is 361 g/mol. The normalized spacial score (nSPS) is 29.3. The summed E-state index contributed by atoms with van der Waals surface area (Å²) in [7, 11) is 2.34. The highest BCUT2D eigenvalue weighted by Crippen LogP contribution is 2.40. The van der Waals surface area contributed by atoms with Gasteiger partial charge >= 0.3 is 0 Å². The summed E-state index contributed by atoms with van der Waals surface area (Å²) in [6.45, 7) is 7.67. The summed E-state index contributed by atoms with van der Waals surface area (Å²) in [6, 6.07) is 12.1. The smallest absolute Gasteiger partial charge is 0.0335 e. The molecule has 3 heterocycles. The summed E-state index contributed by atoms with van der Waals surface area (Å²) in [5.41, 5.74) is 7.06. The predicted molar refractivity (Wildman–Crippen MR) is 114 cm³/mol. The van der Waals surface area contributed by atoms with E-state index in [1.54, 1.807) is 11.3 Å². The van der Waals surface area contributed by atoms with Gasteiger partial charge in [0.25, 0.3) is 0 Å². The zero-order valence-corrected chi connectivity index (χ0v) is 16.8. The molecule has 3 aliphatic rings. The highest BCUT2D eigenvalue weighted by Gasteiger charge is 2.37. The Labute approximate surface area is 164 Å². The maximum Gasteiger partial charge on any atom is 0.0335 e. The molecule has 2 unspecified atom stereocenters. The minimum Gasteiger partial charge on any atom is -0.345 e. The fraction of sp³-hybridized carbons (Fsp3) is 0.440. The van der Waals surface area contributed by atoms with Crippen LogP contribution in [0.1, 0.15) is 44.6 Å². The van der Waals surface area contributed by atoms with Crippen molar-refractivity contribution in [3.8, 4) is 0 Å². The predicted octanol–water partition coefficient (Wildman–Crippen LogP) is 5.46. The third-order valence-electron chi connectivity index (χ3n) is 6.61. The Morgan fingerprint density at radius 3 is 2.74 bits per heavy atom. The van der Waals surface area contributed by atoms with Crippen LogP contribution in [0.2, 0.25) is 0 Å². The Kier molecular flexibility index (Phi) is 5.36. The number of allylic oxidation sites excluding steroid dienone is 4. The van der Waals surface area contributed by atoms with Crippen LogP contribution in [-0.4, -0.2) is 35.5 Å². The van der Waals surface area contributed by atoms with Crippen molar-refractivity contribution in [2.75, 3.05) is 13.6 Å². The quantitative estimate of drug-likeness (QED) is 0.706. The van der Waals surface area contributed by atoms with Gasteiger partial charge in [-0.3, -0.25) is 4.90 Å². The first-order valence-corrected chi connectivity index (χ1v) is 10.4. The lowest BCUT2D eigenvalue weighted by Crippen LogP contribution is -2.50. The molecule has 0 N–H and O–H groups in total. The molecule has 2 atom stereocenters. The molecular weight excluding hydrogens is 328 g/mol. The van der Waals surface area contributed by atoms with Gasteiger partial charge in [0.15, 0.2) is 0 Å². The van der Waals surface area contributed by atoms with Gasteiger partial charge in [0.1, 0.15) is 0 Å². The number of piperidine rings is 1. The lowest BCUT2D eigenvalue weighted by molar-refractivity contribution is 0.108. The van der Waals surface area contributed by atoms with Gasteiger partial charge in [-0.05, 0) is 63.3 Å². The summed E-state index contributed by atoms with van der Waals surface area (Å²) in [6.07, 6.45) is 14.1. The second-order valence-corrected chi connectivity index (χ2v) is 8.31. The van der Waals surface area contributed by atoms with Crippen LogP contribution >= 0.6 is 0 Å². The molecular formula is C25H32N2. The second kappa shape index (κ2) is 7.90. The highest BCUT2D eigenvalue weighted by molar-refractivity contribution is 5.37. The van der Waals surface area contributed by atoms with Crippen molar-refractivity contribution in [3.63, 3.8) is 0 Å². The summed E-state index contributed by atoms with van der Waals surface area (Å²) in [4.78, 5) is 5.18. The van der Waals surface area contributed by atoms with Crippen molar-refractivity contribution in [1.29, 1.82) is 0 Å². The molecule has 2 bridgehead atoms. The van der Waals surface area contributed by atoms with Crippen molar-refractivity contribution in [2.45, 2.75) is 57.5 Å². The molecule has 3 aliphatic heterocycles. The van der Waals surface area contributed by atoms with Crippen LogP contribution in [0.15, 0.2) is 77.7 Å². The number of benzene rings is 1. The minimum atomic E-state index is 0.599. The summed E-state index contributed by atoms with van der Waals surface area (Å²) >= 11 is 0. The molecule has 0 aromatic heterocycles. The maximum absolute atomic E-state index is 4.45. The topological polar surface area (TPSA) is 6.48 Å². The molecule has 2 nitrogen and oxygen atoms in total. The van der Waals surface area contributed by atoms with Gasteiger partial charge < -0.3 is 4.90 Å². The lowest BCUT2D eigenvalue weighted by Gasteiger charge is -2.48. The van der Waals surface area contributed by atoms with Crippen LogP contribution in [0.3, 0.4) is 0 Å². The number of likely N-dealkylation sites (N-methyl/N-ethyl adjacent to an activating group) is 1. The molecule has 0 spiro atoms. The molecule has 0 aliphatic carbocycles. The van der Waals surface area contributed by atoms with E-state index in [1.165, 1.54) is 30.4 Å². The molecule has 0 radical (unpaired) electrons. The van der Waals surface area contributed by atoms with Crippen LogP contribution in [0, 0.1) is 0 Å². The average Bonchev–Trinajstić information content (AvgIpc) is 2.72. The number of hydrogen-bond acceptors (Lipinski definition) is 2. The first-order chi connectivity index (χ1) is 13.1. The van der Waals surface area contributed by atoms with Crippen LogP contribution in [0.5, 0.6) is 0 Å². The second-order valence-electron chi connectivity index (χ2n) is 8.31. The first-order valence-electron chi connectivity index (χ1n) is 10.4. The van der Waals surface area contributed by atoms with E-state index in [1.807, 2.05) is 0 Å². The zero-order chi connectivity index (χ0) is 18.8. The van der Waals surface area contributed by atoms with E-state index < -0.39 is 0 Å². The Hall–Kier alpha value is -2.06. The monoisotopic (exact) mass is 360 g/mol. The van der Waals surface area contributed by atoms with Crippen LogP contribution in [0.25, 0.3) is 0 Å². The van der Waals surface area contributed by atoms with Crippen molar-refractivity contribution < 1.29 is 0 Å². The lowest BCUT2D eigenvalue weighted by atomic mass is 9.81. The SMILES string of the molecule is C=C1/C=C\C(C)=C/CC2=C(CC3CCCC2N3C)N1CCc1ccccc1. The first kappa shape index (κ1) is 18.3. The number of fused-ring (bicyclic) bond motifs is 3. The van der Waals surface area contributed by atoms with E-state index in [0.717, 1.165) is 31.5 Å². The Bertz CT molecular complexity index is 784. The Morgan fingerprint density at radius 1 is 1.11 bits per heavy atom. The van der Waals surface area contributed by atoms with Gasteiger partial charge in [-0.1, -0.05) is 54.6 Å². The zero-order valence-electron chi connectivity index (χ0n) is 16.8. The largest absolute Gasteiger partial charge is 0.345 e. The van der Waals surface area contributed by atoms with Gasteiger partial charge in [-0.15, -0.1) is 0 Å².